The number of rotatable bonds is 3. The molecule has 0 spiro atoms. The molecule has 1 aliphatic heterocycles. The highest BCUT2D eigenvalue weighted by Gasteiger charge is 2.26. The quantitative estimate of drug-likeness (QED) is 0.786. The lowest BCUT2D eigenvalue weighted by Crippen LogP contribution is -2.38. The molecular weight excluding hydrogens is 324 g/mol. The summed E-state index contributed by atoms with van der Waals surface area (Å²) in [4.78, 5) is 24.9. The zero-order chi connectivity index (χ0) is 18.1. The number of nitrogens with one attached hydrogen (secondary N) is 1. The van der Waals surface area contributed by atoms with Gasteiger partial charge in [0.25, 0.3) is 5.91 Å². The van der Waals surface area contributed by atoms with Crippen molar-refractivity contribution in [2.45, 2.75) is 18.8 Å². The van der Waals surface area contributed by atoms with Gasteiger partial charge >= 0.3 is 0 Å². The van der Waals surface area contributed by atoms with Gasteiger partial charge in [-0.05, 0) is 49.2 Å². The monoisotopic (exact) mass is 348 g/mol. The highest BCUT2D eigenvalue weighted by molar-refractivity contribution is 5.94. The van der Waals surface area contributed by atoms with E-state index in [1.165, 1.54) is 0 Å². The molecule has 1 amide bonds. The Labute approximate surface area is 153 Å². The molecule has 1 aliphatic rings. The van der Waals surface area contributed by atoms with E-state index in [1.54, 1.807) is 0 Å². The zero-order valence-corrected chi connectivity index (χ0v) is 15.3. The van der Waals surface area contributed by atoms with Crippen LogP contribution in [0.3, 0.4) is 0 Å². The topological polar surface area (TPSA) is 52.2 Å². The first-order valence-electron chi connectivity index (χ1n) is 9.13. The number of H-pyrrole nitrogens is 1. The number of amides is 1. The van der Waals surface area contributed by atoms with E-state index in [1.807, 2.05) is 66.4 Å². The van der Waals surface area contributed by atoms with Crippen molar-refractivity contribution in [3.63, 3.8) is 0 Å². The second-order valence-corrected chi connectivity index (χ2v) is 7.15. The maximum atomic E-state index is 12.8. The highest BCUT2D eigenvalue weighted by atomic mass is 16.2. The Hall–Kier alpha value is -2.82. The van der Waals surface area contributed by atoms with E-state index < -0.39 is 0 Å². The molecule has 0 saturated carbocycles. The lowest BCUT2D eigenvalue weighted by atomic mass is 9.95. The first kappa shape index (κ1) is 16.6. The van der Waals surface area contributed by atoms with Crippen LogP contribution in [0.4, 0.5) is 5.69 Å². The van der Waals surface area contributed by atoms with Crippen molar-refractivity contribution >= 4 is 22.6 Å². The summed E-state index contributed by atoms with van der Waals surface area (Å²) in [5.74, 6) is 1.56. The predicted octanol–water partition coefficient (Wildman–Crippen LogP) is 3.65. The van der Waals surface area contributed by atoms with Crippen LogP contribution >= 0.6 is 0 Å². The first-order valence-corrected chi connectivity index (χ1v) is 9.13. The summed E-state index contributed by atoms with van der Waals surface area (Å²) in [5, 5.41) is 0. The second-order valence-electron chi connectivity index (χ2n) is 7.15. The van der Waals surface area contributed by atoms with Crippen LogP contribution in [0.2, 0.25) is 0 Å². The van der Waals surface area contributed by atoms with Crippen molar-refractivity contribution in [1.82, 2.24) is 14.9 Å². The Morgan fingerprint density at radius 1 is 1.08 bits per heavy atom. The van der Waals surface area contributed by atoms with Gasteiger partial charge in [0.05, 0.1) is 11.0 Å². The molecule has 134 valence electrons. The van der Waals surface area contributed by atoms with Crippen molar-refractivity contribution in [2.24, 2.45) is 0 Å². The number of nitrogens with zero attached hydrogens (tertiary/aromatic N) is 3. The molecule has 26 heavy (non-hydrogen) atoms. The fraction of sp³-hybridized carbons (Fsp3) is 0.333. The standard InChI is InChI=1S/C21H24N4O/c1-24(2)17-9-7-16(8-10-17)21(26)25-13-11-15(12-14-25)20-22-18-5-3-4-6-19(18)23-20/h3-10,15H,11-14H2,1-2H3,(H,22,23). The molecule has 3 aromatic rings. The summed E-state index contributed by atoms with van der Waals surface area (Å²) >= 11 is 0. The van der Waals surface area contributed by atoms with Gasteiger partial charge in [-0.25, -0.2) is 4.98 Å². The van der Waals surface area contributed by atoms with Crippen molar-refractivity contribution in [1.29, 1.82) is 0 Å². The molecule has 4 rings (SSSR count). The van der Waals surface area contributed by atoms with Crippen LogP contribution < -0.4 is 4.90 Å². The van der Waals surface area contributed by atoms with Crippen LogP contribution in [-0.4, -0.2) is 48.0 Å². The van der Waals surface area contributed by atoms with Gasteiger partial charge in [0.1, 0.15) is 5.82 Å². The Kier molecular flexibility index (Phi) is 4.37. The molecule has 0 aliphatic carbocycles. The number of para-hydroxylation sites is 2. The van der Waals surface area contributed by atoms with Crippen molar-refractivity contribution in [2.75, 3.05) is 32.1 Å². The van der Waals surface area contributed by atoms with Gasteiger partial charge in [-0.1, -0.05) is 12.1 Å². The Bertz CT molecular complexity index is 872. The molecule has 0 unspecified atom stereocenters. The Balaban J connectivity index is 1.41. The van der Waals surface area contributed by atoms with Crippen LogP contribution in [0, 0.1) is 0 Å². The number of fused-ring (bicyclic) bond motifs is 1. The molecule has 1 fully saturated rings. The van der Waals surface area contributed by atoms with E-state index in [9.17, 15) is 4.79 Å². The van der Waals surface area contributed by atoms with Gasteiger partial charge in [-0.2, -0.15) is 0 Å². The second kappa shape index (κ2) is 6.83. The number of aromatic nitrogens is 2. The smallest absolute Gasteiger partial charge is 0.253 e. The zero-order valence-electron chi connectivity index (χ0n) is 15.3. The number of imidazole rings is 1. The van der Waals surface area contributed by atoms with E-state index in [2.05, 4.69) is 11.1 Å². The molecule has 2 aromatic carbocycles. The molecule has 1 N–H and O–H groups in total. The van der Waals surface area contributed by atoms with Crippen molar-refractivity contribution < 1.29 is 4.79 Å². The van der Waals surface area contributed by atoms with Gasteiger partial charge in [0.2, 0.25) is 0 Å². The van der Waals surface area contributed by atoms with Crippen LogP contribution in [0.5, 0.6) is 0 Å². The average molecular weight is 348 g/mol. The fourth-order valence-electron chi connectivity index (χ4n) is 3.61. The van der Waals surface area contributed by atoms with Gasteiger partial charge in [-0.3, -0.25) is 4.79 Å². The van der Waals surface area contributed by atoms with E-state index in [-0.39, 0.29) is 5.91 Å². The SMILES string of the molecule is CN(C)c1ccc(C(=O)N2CCC(c3nc4ccccc4[nH]3)CC2)cc1. The van der Waals surface area contributed by atoms with E-state index in [4.69, 9.17) is 4.98 Å². The summed E-state index contributed by atoms with van der Waals surface area (Å²) in [6.07, 6.45) is 1.89. The summed E-state index contributed by atoms with van der Waals surface area (Å²) in [7, 11) is 4.00. The van der Waals surface area contributed by atoms with E-state index in [0.717, 1.165) is 54.0 Å². The number of anilines is 1. The van der Waals surface area contributed by atoms with Crippen molar-refractivity contribution in [3.05, 3.63) is 59.9 Å². The maximum Gasteiger partial charge on any atom is 0.253 e. The van der Waals surface area contributed by atoms with Crippen LogP contribution in [0.1, 0.15) is 34.9 Å². The Morgan fingerprint density at radius 2 is 1.77 bits per heavy atom. The minimum atomic E-state index is 0.123. The molecule has 1 saturated heterocycles. The normalized spacial score (nSPS) is 15.4. The van der Waals surface area contributed by atoms with Crippen LogP contribution in [-0.2, 0) is 0 Å². The molecule has 0 radical (unpaired) electrons. The first-order chi connectivity index (χ1) is 12.6. The highest BCUT2D eigenvalue weighted by Crippen LogP contribution is 2.28. The summed E-state index contributed by atoms with van der Waals surface area (Å²) in [6, 6.07) is 15.9. The largest absolute Gasteiger partial charge is 0.378 e. The number of piperidine rings is 1. The third-order valence-electron chi connectivity index (χ3n) is 5.21. The number of carbonyl (C=O) groups is 1. The minimum absolute atomic E-state index is 0.123. The minimum Gasteiger partial charge on any atom is -0.378 e. The lowest BCUT2D eigenvalue weighted by Gasteiger charge is -2.31. The molecule has 0 bridgehead atoms. The maximum absolute atomic E-state index is 12.8. The molecular formula is C21H24N4O. The van der Waals surface area contributed by atoms with Crippen LogP contribution in [0.15, 0.2) is 48.5 Å². The number of hydrogen-bond donors (Lipinski definition) is 1. The van der Waals surface area contributed by atoms with Gasteiger partial charge in [-0.15, -0.1) is 0 Å². The number of carbonyl (C=O) groups excluding carboxylic acids is 1. The van der Waals surface area contributed by atoms with Gasteiger partial charge in [0.15, 0.2) is 0 Å². The lowest BCUT2D eigenvalue weighted by molar-refractivity contribution is 0.0711. The fourth-order valence-corrected chi connectivity index (χ4v) is 3.61. The summed E-state index contributed by atoms with van der Waals surface area (Å²) < 4.78 is 0. The molecule has 0 atom stereocenters. The third-order valence-corrected chi connectivity index (χ3v) is 5.21. The molecule has 5 nitrogen and oxygen atoms in total. The van der Waals surface area contributed by atoms with Gasteiger partial charge in [0, 0.05) is 44.4 Å². The number of hydrogen-bond acceptors (Lipinski definition) is 3. The Morgan fingerprint density at radius 3 is 2.42 bits per heavy atom. The van der Waals surface area contributed by atoms with Crippen LogP contribution in [0.25, 0.3) is 11.0 Å². The van der Waals surface area contributed by atoms with E-state index >= 15 is 0 Å². The summed E-state index contributed by atoms with van der Waals surface area (Å²) in [6.45, 7) is 1.55. The average Bonchev–Trinajstić information content (AvgIpc) is 3.12. The third kappa shape index (κ3) is 3.17. The van der Waals surface area contributed by atoms with Crippen molar-refractivity contribution in [3.8, 4) is 0 Å². The number of aromatic amines is 1. The summed E-state index contributed by atoms with van der Waals surface area (Å²) in [5.41, 5.74) is 3.96. The number of likely N-dealkylation sites (tertiary alicyclic amines) is 1. The number of benzene rings is 2. The predicted molar refractivity (Wildman–Crippen MR) is 105 cm³/mol. The molecule has 1 aromatic heterocycles. The van der Waals surface area contributed by atoms with E-state index in [0.29, 0.717) is 5.92 Å². The molecule has 5 heteroatoms. The molecule has 2 heterocycles. The van der Waals surface area contributed by atoms with Gasteiger partial charge < -0.3 is 14.8 Å².